The summed E-state index contributed by atoms with van der Waals surface area (Å²) in [4.78, 5) is 0. The Morgan fingerprint density at radius 1 is 1.57 bits per heavy atom. The molecule has 0 N–H and O–H groups in total. The van der Waals surface area contributed by atoms with Crippen LogP contribution in [0.3, 0.4) is 0 Å². The Labute approximate surface area is 84.1 Å². The second-order valence-corrected chi connectivity index (χ2v) is 3.64. The number of hydrogen-bond donors (Lipinski definition) is 0. The Morgan fingerprint density at radius 3 is 3.14 bits per heavy atom. The molecule has 0 bridgehead atoms. The van der Waals surface area contributed by atoms with Crippen LogP contribution in [-0.4, -0.2) is 7.11 Å². The van der Waals surface area contributed by atoms with Crippen LogP contribution in [0.2, 0.25) is 0 Å². The van der Waals surface area contributed by atoms with Crippen LogP contribution in [0, 0.1) is 11.3 Å². The van der Waals surface area contributed by atoms with Crippen molar-refractivity contribution in [2.75, 3.05) is 7.11 Å². The lowest BCUT2D eigenvalue weighted by Crippen LogP contribution is -1.95. The molecule has 2 nitrogen and oxygen atoms in total. The number of hydrogen-bond acceptors (Lipinski definition) is 2. The van der Waals surface area contributed by atoms with Crippen LogP contribution < -0.4 is 0 Å². The number of fused-ring (bicyclic) bond motifs is 1. The summed E-state index contributed by atoms with van der Waals surface area (Å²) in [6.07, 6.45) is 1.99. The van der Waals surface area contributed by atoms with E-state index in [2.05, 4.69) is 18.2 Å². The van der Waals surface area contributed by atoms with Gasteiger partial charge in [0.2, 0.25) is 0 Å². The molecule has 1 aromatic rings. The minimum absolute atomic E-state index is 0.0989. The van der Waals surface area contributed by atoms with Crippen LogP contribution in [0.15, 0.2) is 18.2 Å². The van der Waals surface area contributed by atoms with E-state index in [1.165, 1.54) is 16.7 Å². The molecule has 72 valence electrons. The third kappa shape index (κ3) is 1.40. The SMILES string of the molecule is COCc1cccc2c1CC[C@H]2C#N. The first-order valence-electron chi connectivity index (χ1n) is 4.86. The van der Waals surface area contributed by atoms with Gasteiger partial charge < -0.3 is 4.74 Å². The molecule has 0 amide bonds. The van der Waals surface area contributed by atoms with Crippen LogP contribution in [0.4, 0.5) is 0 Å². The molecule has 1 aliphatic carbocycles. The standard InChI is InChI=1S/C12H13NO/c1-14-8-10-3-2-4-11-9(7-13)5-6-12(10)11/h2-4,9H,5-6,8H2,1H3/t9-/m0/s1. The maximum absolute atomic E-state index is 8.95. The second kappa shape index (κ2) is 3.81. The minimum Gasteiger partial charge on any atom is -0.380 e. The highest BCUT2D eigenvalue weighted by Gasteiger charge is 2.23. The zero-order valence-corrected chi connectivity index (χ0v) is 8.29. The van der Waals surface area contributed by atoms with Crippen LogP contribution in [0.1, 0.15) is 29.0 Å². The molecule has 0 unspecified atom stereocenters. The summed E-state index contributed by atoms with van der Waals surface area (Å²) < 4.78 is 5.14. The van der Waals surface area contributed by atoms with E-state index in [0.29, 0.717) is 6.61 Å². The number of ether oxygens (including phenoxy) is 1. The van der Waals surface area contributed by atoms with Gasteiger partial charge in [-0.05, 0) is 29.5 Å². The van der Waals surface area contributed by atoms with Crippen LogP contribution >= 0.6 is 0 Å². The van der Waals surface area contributed by atoms with Gasteiger partial charge in [0.1, 0.15) is 0 Å². The van der Waals surface area contributed by atoms with Gasteiger partial charge in [-0.15, -0.1) is 0 Å². The molecule has 2 rings (SSSR count). The average Bonchev–Trinajstić information content (AvgIpc) is 2.62. The number of rotatable bonds is 2. The van der Waals surface area contributed by atoms with Crippen LogP contribution in [-0.2, 0) is 17.8 Å². The summed E-state index contributed by atoms with van der Waals surface area (Å²) in [5.41, 5.74) is 3.78. The molecule has 0 spiro atoms. The van der Waals surface area contributed by atoms with Gasteiger partial charge in [0.25, 0.3) is 0 Å². The Kier molecular flexibility index (Phi) is 2.51. The van der Waals surface area contributed by atoms with E-state index in [0.717, 1.165) is 12.8 Å². The third-order valence-electron chi connectivity index (χ3n) is 2.82. The molecule has 1 aliphatic rings. The molecule has 0 saturated carbocycles. The molecule has 0 fully saturated rings. The highest BCUT2D eigenvalue weighted by Crippen LogP contribution is 2.34. The van der Waals surface area contributed by atoms with Crippen molar-refractivity contribution in [3.63, 3.8) is 0 Å². The van der Waals surface area contributed by atoms with Crippen molar-refractivity contribution in [3.05, 3.63) is 34.9 Å². The van der Waals surface area contributed by atoms with Crippen molar-refractivity contribution in [2.45, 2.75) is 25.4 Å². The topological polar surface area (TPSA) is 33.0 Å². The van der Waals surface area contributed by atoms with E-state index in [-0.39, 0.29) is 5.92 Å². The van der Waals surface area contributed by atoms with Gasteiger partial charge >= 0.3 is 0 Å². The van der Waals surface area contributed by atoms with E-state index in [9.17, 15) is 0 Å². The lowest BCUT2D eigenvalue weighted by Gasteiger charge is -2.07. The van der Waals surface area contributed by atoms with Crippen LogP contribution in [0.5, 0.6) is 0 Å². The summed E-state index contributed by atoms with van der Waals surface area (Å²) in [5, 5.41) is 8.95. The van der Waals surface area contributed by atoms with Gasteiger partial charge in [-0.2, -0.15) is 5.26 Å². The maximum atomic E-state index is 8.95. The van der Waals surface area contributed by atoms with Gasteiger partial charge in [0.15, 0.2) is 0 Å². The zero-order valence-electron chi connectivity index (χ0n) is 8.29. The average molecular weight is 187 g/mol. The van der Waals surface area contributed by atoms with Crippen molar-refractivity contribution < 1.29 is 4.74 Å². The lowest BCUT2D eigenvalue weighted by atomic mass is 10.00. The van der Waals surface area contributed by atoms with Gasteiger partial charge in [0.05, 0.1) is 18.6 Å². The Balaban J connectivity index is 2.40. The molecule has 0 saturated heterocycles. The van der Waals surface area contributed by atoms with E-state index >= 15 is 0 Å². The Morgan fingerprint density at radius 2 is 2.43 bits per heavy atom. The maximum Gasteiger partial charge on any atom is 0.0718 e. The first-order chi connectivity index (χ1) is 6.86. The van der Waals surface area contributed by atoms with Gasteiger partial charge in [0, 0.05) is 7.11 Å². The fourth-order valence-corrected chi connectivity index (χ4v) is 2.15. The number of nitrogens with zero attached hydrogens (tertiary/aromatic N) is 1. The molecular formula is C12H13NO. The van der Waals surface area contributed by atoms with Gasteiger partial charge in [-0.3, -0.25) is 0 Å². The highest BCUT2D eigenvalue weighted by atomic mass is 16.5. The summed E-state index contributed by atoms with van der Waals surface area (Å²) in [6, 6.07) is 8.52. The van der Waals surface area contributed by atoms with Crippen molar-refractivity contribution in [2.24, 2.45) is 0 Å². The monoisotopic (exact) mass is 187 g/mol. The fourth-order valence-electron chi connectivity index (χ4n) is 2.15. The first-order valence-corrected chi connectivity index (χ1v) is 4.86. The summed E-state index contributed by atoms with van der Waals surface area (Å²) in [5.74, 6) is 0.0989. The molecule has 0 heterocycles. The Hall–Kier alpha value is -1.33. The van der Waals surface area contributed by atoms with E-state index in [1.807, 2.05) is 6.07 Å². The third-order valence-corrected chi connectivity index (χ3v) is 2.82. The number of methoxy groups -OCH3 is 1. The smallest absolute Gasteiger partial charge is 0.0718 e. The van der Waals surface area contributed by atoms with Crippen molar-refractivity contribution >= 4 is 0 Å². The predicted octanol–water partition coefficient (Wildman–Crippen LogP) is 2.39. The molecule has 1 aromatic carbocycles. The first kappa shape index (κ1) is 9.23. The van der Waals surface area contributed by atoms with Crippen molar-refractivity contribution in [1.82, 2.24) is 0 Å². The normalized spacial score (nSPS) is 19.0. The lowest BCUT2D eigenvalue weighted by molar-refractivity contribution is 0.184. The molecule has 1 atom stereocenters. The molecule has 0 radical (unpaired) electrons. The largest absolute Gasteiger partial charge is 0.380 e. The molecule has 2 heteroatoms. The quantitative estimate of drug-likeness (QED) is 0.712. The zero-order chi connectivity index (χ0) is 9.97. The number of benzene rings is 1. The van der Waals surface area contributed by atoms with E-state index in [1.54, 1.807) is 7.11 Å². The highest BCUT2D eigenvalue weighted by molar-refractivity contribution is 5.43. The van der Waals surface area contributed by atoms with Crippen molar-refractivity contribution in [1.29, 1.82) is 5.26 Å². The number of nitriles is 1. The molecule has 14 heavy (non-hydrogen) atoms. The van der Waals surface area contributed by atoms with Crippen LogP contribution in [0.25, 0.3) is 0 Å². The minimum atomic E-state index is 0.0989. The molecular weight excluding hydrogens is 174 g/mol. The van der Waals surface area contributed by atoms with Gasteiger partial charge in [-0.1, -0.05) is 18.2 Å². The summed E-state index contributed by atoms with van der Waals surface area (Å²) >= 11 is 0. The molecule has 0 aliphatic heterocycles. The predicted molar refractivity (Wildman–Crippen MR) is 53.8 cm³/mol. The Bertz CT molecular complexity index is 378. The van der Waals surface area contributed by atoms with Crippen molar-refractivity contribution in [3.8, 4) is 6.07 Å². The summed E-state index contributed by atoms with van der Waals surface area (Å²) in [6.45, 7) is 0.654. The second-order valence-electron chi connectivity index (χ2n) is 3.64. The molecule has 0 aromatic heterocycles. The summed E-state index contributed by atoms with van der Waals surface area (Å²) in [7, 11) is 1.70. The fraction of sp³-hybridized carbons (Fsp3) is 0.417. The van der Waals surface area contributed by atoms with E-state index < -0.39 is 0 Å². The van der Waals surface area contributed by atoms with Gasteiger partial charge in [-0.25, -0.2) is 0 Å². The van der Waals surface area contributed by atoms with E-state index in [4.69, 9.17) is 10.00 Å².